The number of rotatable bonds is 15. The predicted molar refractivity (Wildman–Crippen MR) is 181 cm³/mol. The van der Waals surface area contributed by atoms with Crippen LogP contribution < -0.4 is 4.74 Å². The van der Waals surface area contributed by atoms with Gasteiger partial charge in [0.25, 0.3) is 0 Å². The molecule has 0 amide bonds. The van der Waals surface area contributed by atoms with E-state index in [-0.39, 0.29) is 5.60 Å². The molecule has 6 heteroatoms. The summed E-state index contributed by atoms with van der Waals surface area (Å²) in [6.45, 7) is 14.3. The van der Waals surface area contributed by atoms with Crippen molar-refractivity contribution in [3.63, 3.8) is 0 Å². The van der Waals surface area contributed by atoms with Crippen molar-refractivity contribution in [1.29, 1.82) is 0 Å². The molecule has 0 bridgehead atoms. The Labute approximate surface area is 260 Å². The number of aromatic nitrogens is 2. The highest BCUT2D eigenvalue weighted by Crippen LogP contribution is 2.56. The molecular formula is C35H48N2OS3. The normalized spacial score (nSPS) is 18.0. The van der Waals surface area contributed by atoms with Crippen LogP contribution in [0.15, 0.2) is 35.7 Å². The lowest BCUT2D eigenvalue weighted by Gasteiger charge is -2.39. The van der Waals surface area contributed by atoms with Crippen molar-refractivity contribution in [2.75, 3.05) is 0 Å². The molecule has 1 aromatic carbocycles. The molecule has 0 radical (unpaired) electrons. The molecule has 41 heavy (non-hydrogen) atoms. The lowest BCUT2D eigenvalue weighted by molar-refractivity contribution is 0.0324. The van der Waals surface area contributed by atoms with Gasteiger partial charge in [0, 0.05) is 16.0 Å². The van der Waals surface area contributed by atoms with Gasteiger partial charge >= 0.3 is 0 Å². The van der Waals surface area contributed by atoms with E-state index in [2.05, 4.69) is 86.0 Å². The molecule has 0 fully saturated rings. The average Bonchev–Trinajstić information content (AvgIpc) is 3.69. The van der Waals surface area contributed by atoms with Crippen molar-refractivity contribution in [3.05, 3.63) is 41.3 Å². The Morgan fingerprint density at radius 3 is 2.12 bits per heavy atom. The fraction of sp³-hybridized carbons (Fsp3) is 0.600. The lowest BCUT2D eigenvalue weighted by Crippen LogP contribution is -2.36. The average molecular weight is 609 g/mol. The second-order valence-electron chi connectivity index (χ2n) is 13.4. The van der Waals surface area contributed by atoms with Crippen molar-refractivity contribution >= 4 is 45.4 Å². The van der Waals surface area contributed by atoms with Crippen LogP contribution in [0.5, 0.6) is 5.75 Å². The van der Waals surface area contributed by atoms with Gasteiger partial charge < -0.3 is 4.74 Å². The third-order valence-electron chi connectivity index (χ3n) is 8.95. The number of nitrogens with zero attached hydrogens (tertiary/aromatic N) is 2. The van der Waals surface area contributed by atoms with E-state index in [0.717, 1.165) is 41.5 Å². The van der Waals surface area contributed by atoms with Gasteiger partial charge in [-0.25, -0.2) is 0 Å². The van der Waals surface area contributed by atoms with E-state index in [1.165, 1.54) is 88.9 Å². The van der Waals surface area contributed by atoms with Gasteiger partial charge in [0.1, 0.15) is 22.4 Å². The van der Waals surface area contributed by atoms with Crippen LogP contribution in [0.3, 0.4) is 0 Å². The quantitative estimate of drug-likeness (QED) is 0.135. The second kappa shape index (κ2) is 13.7. The standard InChI is InChI=1S/C35H48N2OS3/c1-23(2)10-7-12-25(5)16-19-35(20-17-26(6)13-8-11-24(3)4)28-22-31(27-14-9-15-29-32(27)37-41-36-29)40-33(28)34-30(38-35)18-21-39-34/h9,14-15,18,21-26H,7-8,10-13,16-17,19-20H2,1-6H3. The summed E-state index contributed by atoms with van der Waals surface area (Å²) in [5.74, 6) is 4.07. The first-order valence-corrected chi connectivity index (χ1v) is 18.3. The molecular weight excluding hydrogens is 561 g/mol. The molecule has 3 nitrogen and oxygen atoms in total. The van der Waals surface area contributed by atoms with Crippen LogP contribution in [0.2, 0.25) is 0 Å². The van der Waals surface area contributed by atoms with Crippen LogP contribution in [-0.2, 0) is 5.60 Å². The number of hydrogen-bond acceptors (Lipinski definition) is 6. The molecule has 2 unspecified atom stereocenters. The van der Waals surface area contributed by atoms with Gasteiger partial charge in [-0.15, -0.1) is 22.7 Å². The van der Waals surface area contributed by atoms with Crippen molar-refractivity contribution in [1.82, 2.24) is 8.75 Å². The van der Waals surface area contributed by atoms with E-state index >= 15 is 0 Å². The molecule has 3 aromatic heterocycles. The van der Waals surface area contributed by atoms with Crippen molar-refractivity contribution in [3.8, 4) is 25.9 Å². The zero-order valence-electron chi connectivity index (χ0n) is 25.9. The molecule has 0 spiro atoms. The smallest absolute Gasteiger partial charge is 0.140 e. The number of ether oxygens (including phenoxy) is 1. The molecule has 222 valence electrons. The third kappa shape index (κ3) is 7.25. The molecule has 0 N–H and O–H groups in total. The Morgan fingerprint density at radius 2 is 1.46 bits per heavy atom. The Balaban J connectivity index is 1.46. The summed E-state index contributed by atoms with van der Waals surface area (Å²) in [7, 11) is 0. The van der Waals surface area contributed by atoms with Gasteiger partial charge in [-0.2, -0.15) is 8.75 Å². The first kappa shape index (κ1) is 30.7. The van der Waals surface area contributed by atoms with E-state index in [1.54, 1.807) is 0 Å². The van der Waals surface area contributed by atoms with E-state index in [4.69, 9.17) is 4.74 Å². The van der Waals surface area contributed by atoms with E-state index in [0.29, 0.717) is 11.8 Å². The molecule has 4 heterocycles. The highest BCUT2D eigenvalue weighted by molar-refractivity contribution is 7.23. The van der Waals surface area contributed by atoms with Crippen molar-refractivity contribution in [2.45, 2.75) is 111 Å². The fourth-order valence-corrected chi connectivity index (χ4v) is 9.15. The molecule has 0 saturated carbocycles. The first-order chi connectivity index (χ1) is 19.8. The Bertz CT molecular complexity index is 1370. The summed E-state index contributed by atoms with van der Waals surface area (Å²) in [4.78, 5) is 4.00. The summed E-state index contributed by atoms with van der Waals surface area (Å²) in [6, 6.07) is 11.1. The maximum Gasteiger partial charge on any atom is 0.140 e. The van der Waals surface area contributed by atoms with E-state index in [1.807, 2.05) is 22.7 Å². The minimum atomic E-state index is -0.273. The highest BCUT2D eigenvalue weighted by atomic mass is 32.1. The number of hydrogen-bond donors (Lipinski definition) is 0. The SMILES string of the molecule is CC(C)CCCC(C)CCC1(CCC(C)CCCC(C)C)Oc2ccsc2-c2sc(-c3cccc4nsnc34)cc21. The summed E-state index contributed by atoms with van der Waals surface area (Å²) < 4.78 is 16.4. The largest absolute Gasteiger partial charge is 0.481 e. The third-order valence-corrected chi connectivity index (χ3v) is 11.7. The molecule has 1 aliphatic rings. The van der Waals surface area contributed by atoms with E-state index in [9.17, 15) is 0 Å². The summed E-state index contributed by atoms with van der Waals surface area (Å²) in [5, 5.41) is 2.21. The maximum absolute atomic E-state index is 7.19. The summed E-state index contributed by atoms with van der Waals surface area (Å²) >= 11 is 5.05. The lowest BCUT2D eigenvalue weighted by atomic mass is 9.78. The van der Waals surface area contributed by atoms with Crippen molar-refractivity contribution < 1.29 is 4.74 Å². The van der Waals surface area contributed by atoms with Crippen LogP contribution in [0.25, 0.3) is 31.2 Å². The minimum absolute atomic E-state index is 0.273. The van der Waals surface area contributed by atoms with Crippen LogP contribution in [0.4, 0.5) is 0 Å². The molecule has 5 rings (SSSR count). The van der Waals surface area contributed by atoms with Crippen molar-refractivity contribution in [2.24, 2.45) is 23.7 Å². The maximum atomic E-state index is 7.19. The molecule has 2 atom stereocenters. The van der Waals surface area contributed by atoms with Crippen LogP contribution in [0.1, 0.15) is 111 Å². The zero-order valence-corrected chi connectivity index (χ0v) is 28.3. The van der Waals surface area contributed by atoms with Gasteiger partial charge in [-0.05, 0) is 72.9 Å². The van der Waals surface area contributed by atoms with E-state index < -0.39 is 0 Å². The van der Waals surface area contributed by atoms with Gasteiger partial charge in [0.2, 0.25) is 0 Å². The summed E-state index contributed by atoms with van der Waals surface area (Å²) in [5.41, 5.74) is 4.35. The molecule has 0 aliphatic carbocycles. The number of fused-ring (bicyclic) bond motifs is 4. The highest BCUT2D eigenvalue weighted by Gasteiger charge is 2.43. The summed E-state index contributed by atoms with van der Waals surface area (Å²) in [6.07, 6.45) is 12.5. The van der Waals surface area contributed by atoms with Crippen LogP contribution >= 0.6 is 34.4 Å². The molecule has 0 saturated heterocycles. The van der Waals surface area contributed by atoms with Crippen LogP contribution in [-0.4, -0.2) is 8.75 Å². The Morgan fingerprint density at radius 1 is 0.780 bits per heavy atom. The van der Waals surface area contributed by atoms with Gasteiger partial charge in [-0.3, -0.25) is 0 Å². The number of thiophene rings is 2. The minimum Gasteiger partial charge on any atom is -0.481 e. The molecule has 1 aliphatic heterocycles. The monoisotopic (exact) mass is 608 g/mol. The predicted octanol–water partition coefficient (Wildman–Crippen LogP) is 12.2. The molecule has 4 aromatic rings. The van der Waals surface area contributed by atoms with Gasteiger partial charge in [0.15, 0.2) is 0 Å². The Hall–Kier alpha value is -1.76. The Kier molecular flexibility index (Phi) is 10.2. The number of benzene rings is 1. The van der Waals surface area contributed by atoms with Gasteiger partial charge in [-0.1, -0.05) is 92.2 Å². The van der Waals surface area contributed by atoms with Gasteiger partial charge in [0.05, 0.1) is 21.5 Å². The van der Waals surface area contributed by atoms with Crippen LogP contribution in [0, 0.1) is 23.7 Å². The zero-order chi connectivity index (χ0) is 29.0. The fourth-order valence-electron chi connectivity index (χ4n) is 6.34. The first-order valence-electron chi connectivity index (χ1n) is 15.9. The topological polar surface area (TPSA) is 35.0 Å². The second-order valence-corrected chi connectivity index (χ2v) is 15.9.